The van der Waals surface area contributed by atoms with Gasteiger partial charge in [-0.3, -0.25) is 9.78 Å². The van der Waals surface area contributed by atoms with Crippen LogP contribution in [0, 0.1) is 6.92 Å². The highest BCUT2D eigenvalue weighted by atomic mass is 16.5. The second-order valence-electron chi connectivity index (χ2n) is 2.57. The maximum atomic E-state index is 10.9. The summed E-state index contributed by atoms with van der Waals surface area (Å²) in [5.41, 5.74) is 0.446. The fraction of sp³-hybridized carbons (Fsp3) is 0.333. The van der Waals surface area contributed by atoms with Crippen LogP contribution >= 0.6 is 0 Å². The minimum absolute atomic E-state index is 0.0794. The van der Waals surface area contributed by atoms with Crippen molar-refractivity contribution in [3.8, 4) is 11.5 Å². The molecule has 0 saturated heterocycles. The molecule has 13 heavy (non-hydrogen) atoms. The maximum absolute atomic E-state index is 10.9. The van der Waals surface area contributed by atoms with Crippen molar-refractivity contribution >= 4 is 5.97 Å². The molecule has 0 unspecified atom stereocenters. The van der Waals surface area contributed by atoms with Gasteiger partial charge in [0.15, 0.2) is 11.5 Å². The molecule has 0 fully saturated rings. The Morgan fingerprint density at radius 1 is 1.69 bits per heavy atom. The van der Waals surface area contributed by atoms with Gasteiger partial charge in [0.25, 0.3) is 0 Å². The van der Waals surface area contributed by atoms with E-state index in [0.717, 1.165) is 0 Å². The summed E-state index contributed by atoms with van der Waals surface area (Å²) in [5, 5.41) is 9.40. The monoisotopic (exact) mass is 181 g/mol. The Balaban J connectivity index is 2.89. The predicted molar refractivity (Wildman–Crippen MR) is 46.6 cm³/mol. The summed E-state index contributed by atoms with van der Waals surface area (Å²) in [6.45, 7) is 3.33. The Kier molecular flexibility index (Phi) is 2.84. The molecule has 1 aromatic rings. The van der Waals surface area contributed by atoms with Crippen molar-refractivity contribution in [1.82, 2.24) is 4.98 Å². The summed E-state index contributed by atoms with van der Waals surface area (Å²) in [6.07, 6.45) is 1.76. The van der Waals surface area contributed by atoms with Gasteiger partial charge in [-0.2, -0.15) is 0 Å². The lowest BCUT2D eigenvalue weighted by atomic mass is 10.3. The molecule has 0 radical (unpaired) electrons. The van der Waals surface area contributed by atoms with Gasteiger partial charge in [-0.05, 0) is 6.92 Å². The van der Waals surface area contributed by atoms with Crippen LogP contribution in [0.2, 0.25) is 0 Å². The van der Waals surface area contributed by atoms with E-state index in [9.17, 15) is 9.90 Å². The van der Waals surface area contributed by atoms with Crippen LogP contribution in [0.25, 0.3) is 0 Å². The van der Waals surface area contributed by atoms with Gasteiger partial charge in [-0.15, -0.1) is 0 Å². The number of aromatic nitrogens is 1. The number of hydrogen-bond donors (Lipinski definition) is 1. The zero-order chi connectivity index (χ0) is 9.84. The average molecular weight is 181 g/mol. The summed E-state index contributed by atoms with van der Waals surface area (Å²) in [7, 11) is 0. The highest BCUT2D eigenvalue weighted by Gasteiger charge is 2.08. The largest absolute Gasteiger partial charge is 0.503 e. The van der Waals surface area contributed by atoms with E-state index < -0.39 is 0 Å². The first-order chi connectivity index (χ1) is 6.15. The molecule has 1 aromatic heterocycles. The first kappa shape index (κ1) is 9.51. The fourth-order valence-corrected chi connectivity index (χ4v) is 0.812. The Labute approximate surface area is 76.2 Å². The number of carbonyl (C=O) groups excluding carboxylic acids is 1. The smallest absolute Gasteiger partial charge is 0.311 e. The lowest BCUT2D eigenvalue weighted by molar-refractivity contribution is -0.134. The van der Waals surface area contributed by atoms with Crippen molar-refractivity contribution in [2.24, 2.45) is 0 Å². The normalized spacial score (nSPS) is 9.69. The fourth-order valence-electron chi connectivity index (χ4n) is 0.812. The van der Waals surface area contributed by atoms with E-state index in [0.29, 0.717) is 5.69 Å². The molecule has 0 aliphatic rings. The quantitative estimate of drug-likeness (QED) is 0.701. The summed E-state index contributed by atoms with van der Waals surface area (Å²) in [5.74, 6) is -0.287. The molecule has 0 atom stereocenters. The molecule has 70 valence electrons. The van der Waals surface area contributed by atoms with Gasteiger partial charge in [-0.25, -0.2) is 0 Å². The third-order valence-corrected chi connectivity index (χ3v) is 1.58. The zero-order valence-corrected chi connectivity index (χ0v) is 7.57. The van der Waals surface area contributed by atoms with Crippen LogP contribution in [0.15, 0.2) is 12.3 Å². The van der Waals surface area contributed by atoms with Crippen LogP contribution in [0.4, 0.5) is 0 Å². The number of ether oxygens (including phenoxy) is 1. The molecule has 0 spiro atoms. The van der Waals surface area contributed by atoms with Gasteiger partial charge in [0.1, 0.15) is 0 Å². The zero-order valence-electron chi connectivity index (χ0n) is 7.57. The lowest BCUT2D eigenvalue weighted by Gasteiger charge is -2.05. The number of esters is 1. The Morgan fingerprint density at radius 2 is 2.38 bits per heavy atom. The van der Waals surface area contributed by atoms with E-state index in [4.69, 9.17) is 4.74 Å². The van der Waals surface area contributed by atoms with Crippen molar-refractivity contribution in [2.45, 2.75) is 20.3 Å². The van der Waals surface area contributed by atoms with Crippen LogP contribution in [0.1, 0.15) is 19.0 Å². The SMILES string of the molecule is CCC(=O)Oc1ccnc(C)c1O. The first-order valence-corrected chi connectivity index (χ1v) is 4.00. The van der Waals surface area contributed by atoms with Crippen LogP contribution in [-0.2, 0) is 4.79 Å². The number of hydrogen-bond acceptors (Lipinski definition) is 4. The van der Waals surface area contributed by atoms with Crippen molar-refractivity contribution in [1.29, 1.82) is 0 Å². The van der Waals surface area contributed by atoms with Crippen LogP contribution in [-0.4, -0.2) is 16.1 Å². The molecule has 0 aliphatic carbocycles. The summed E-state index contributed by atoms with van der Waals surface area (Å²) in [4.78, 5) is 14.7. The average Bonchev–Trinajstić information content (AvgIpc) is 2.13. The second kappa shape index (κ2) is 3.89. The van der Waals surface area contributed by atoms with Crippen LogP contribution < -0.4 is 4.74 Å². The molecule has 4 nitrogen and oxygen atoms in total. The van der Waals surface area contributed by atoms with Gasteiger partial charge in [0.05, 0.1) is 5.69 Å². The van der Waals surface area contributed by atoms with Crippen LogP contribution in [0.5, 0.6) is 11.5 Å². The molecule has 1 rings (SSSR count). The number of pyridine rings is 1. The van der Waals surface area contributed by atoms with E-state index in [-0.39, 0.29) is 23.9 Å². The Morgan fingerprint density at radius 3 is 3.00 bits per heavy atom. The molecule has 0 aliphatic heterocycles. The number of rotatable bonds is 2. The summed E-state index contributed by atoms with van der Waals surface area (Å²) in [6, 6.07) is 1.45. The van der Waals surface area contributed by atoms with Crippen molar-refractivity contribution in [3.63, 3.8) is 0 Å². The van der Waals surface area contributed by atoms with E-state index in [1.807, 2.05) is 0 Å². The van der Waals surface area contributed by atoms with Crippen molar-refractivity contribution < 1.29 is 14.6 Å². The van der Waals surface area contributed by atoms with Gasteiger partial charge in [-0.1, -0.05) is 6.92 Å². The maximum Gasteiger partial charge on any atom is 0.311 e. The molecule has 0 bridgehead atoms. The Bertz CT molecular complexity index is 323. The standard InChI is InChI=1S/C9H11NO3/c1-3-8(11)13-7-4-5-10-6(2)9(7)12/h4-5,12H,3H2,1-2H3. The number of aryl methyl sites for hydroxylation is 1. The molecule has 1 heterocycles. The first-order valence-electron chi connectivity index (χ1n) is 4.00. The molecule has 0 saturated carbocycles. The Hall–Kier alpha value is -1.58. The minimum atomic E-state index is -0.374. The number of aromatic hydroxyl groups is 1. The van der Waals surface area contributed by atoms with Gasteiger partial charge in [0, 0.05) is 18.7 Å². The van der Waals surface area contributed by atoms with Crippen molar-refractivity contribution in [2.75, 3.05) is 0 Å². The summed E-state index contributed by atoms with van der Waals surface area (Å²) < 4.78 is 4.85. The third-order valence-electron chi connectivity index (χ3n) is 1.58. The molecular weight excluding hydrogens is 170 g/mol. The summed E-state index contributed by atoms with van der Waals surface area (Å²) >= 11 is 0. The van der Waals surface area contributed by atoms with Gasteiger partial charge in [0.2, 0.25) is 0 Å². The molecule has 4 heteroatoms. The second-order valence-corrected chi connectivity index (χ2v) is 2.57. The molecular formula is C9H11NO3. The number of carbonyl (C=O) groups is 1. The highest BCUT2D eigenvalue weighted by molar-refractivity contribution is 5.72. The van der Waals surface area contributed by atoms with Gasteiger partial charge < -0.3 is 9.84 Å². The minimum Gasteiger partial charge on any atom is -0.503 e. The van der Waals surface area contributed by atoms with E-state index >= 15 is 0 Å². The lowest BCUT2D eigenvalue weighted by Crippen LogP contribution is -2.06. The highest BCUT2D eigenvalue weighted by Crippen LogP contribution is 2.27. The van der Waals surface area contributed by atoms with E-state index in [1.54, 1.807) is 13.8 Å². The molecule has 0 aromatic carbocycles. The van der Waals surface area contributed by atoms with Gasteiger partial charge >= 0.3 is 5.97 Å². The molecule has 1 N–H and O–H groups in total. The number of nitrogens with zero attached hydrogens (tertiary/aromatic N) is 1. The van der Waals surface area contributed by atoms with Crippen molar-refractivity contribution in [3.05, 3.63) is 18.0 Å². The predicted octanol–water partition coefficient (Wildman–Crippen LogP) is 1.41. The van der Waals surface area contributed by atoms with E-state index in [2.05, 4.69) is 4.98 Å². The van der Waals surface area contributed by atoms with E-state index in [1.165, 1.54) is 12.3 Å². The molecule has 0 amide bonds. The third kappa shape index (κ3) is 2.18. The topological polar surface area (TPSA) is 59.4 Å². The van der Waals surface area contributed by atoms with Crippen LogP contribution in [0.3, 0.4) is 0 Å².